The quantitative estimate of drug-likeness (QED) is 0.564. The number of nitrogens with zero attached hydrogens (tertiary/aromatic N) is 1. The zero-order valence-corrected chi connectivity index (χ0v) is 18.7. The summed E-state index contributed by atoms with van der Waals surface area (Å²) in [7, 11) is 0. The van der Waals surface area contributed by atoms with Gasteiger partial charge >= 0.3 is 5.63 Å². The van der Waals surface area contributed by atoms with Gasteiger partial charge in [-0.2, -0.15) is 0 Å². The van der Waals surface area contributed by atoms with E-state index in [1.54, 1.807) is 12.4 Å². The molecule has 0 fully saturated rings. The van der Waals surface area contributed by atoms with Gasteiger partial charge in [0, 0.05) is 36.6 Å². The van der Waals surface area contributed by atoms with Gasteiger partial charge in [-0.25, -0.2) is 4.79 Å². The van der Waals surface area contributed by atoms with Crippen LogP contribution < -0.4 is 20.4 Å². The number of aromatic nitrogens is 1. The molecule has 0 saturated carbocycles. The third kappa shape index (κ3) is 4.77. The number of hydrogen-bond acceptors (Lipinski definition) is 6. The number of rotatable bonds is 7. The topological polar surface area (TPSA) is 90.7 Å². The van der Waals surface area contributed by atoms with Crippen LogP contribution in [0.4, 0.5) is 0 Å². The van der Waals surface area contributed by atoms with Gasteiger partial charge in [-0.15, -0.1) is 0 Å². The van der Waals surface area contributed by atoms with Gasteiger partial charge in [0.05, 0.1) is 5.39 Å². The molecule has 168 valence electrons. The Morgan fingerprint density at radius 1 is 1.31 bits per heavy atom. The van der Waals surface area contributed by atoms with Gasteiger partial charge in [0.1, 0.15) is 22.7 Å². The molecule has 32 heavy (non-hydrogen) atoms. The average Bonchev–Trinajstić information content (AvgIpc) is 2.75. The second-order valence-corrected chi connectivity index (χ2v) is 8.68. The molecule has 0 atom stereocenters. The highest BCUT2D eigenvalue weighted by molar-refractivity contribution is 5.92. The maximum absolute atomic E-state index is 12.4. The Hall–Kier alpha value is -3.35. The first-order valence-electron chi connectivity index (χ1n) is 11.0. The van der Waals surface area contributed by atoms with E-state index < -0.39 is 0 Å². The summed E-state index contributed by atoms with van der Waals surface area (Å²) in [5.74, 6) is 0.867. The second-order valence-electron chi connectivity index (χ2n) is 8.68. The highest BCUT2D eigenvalue weighted by atomic mass is 16.5. The van der Waals surface area contributed by atoms with Crippen molar-refractivity contribution in [2.24, 2.45) is 0 Å². The Morgan fingerprint density at radius 2 is 2.16 bits per heavy atom. The molecule has 0 radical (unpaired) electrons. The molecule has 7 heteroatoms. The number of benzene rings is 1. The molecule has 2 aromatic heterocycles. The lowest BCUT2D eigenvalue weighted by Crippen LogP contribution is -2.33. The predicted molar refractivity (Wildman–Crippen MR) is 121 cm³/mol. The smallest absolute Gasteiger partial charge is 0.336 e. The van der Waals surface area contributed by atoms with Crippen LogP contribution in [0.1, 0.15) is 50.3 Å². The predicted octanol–water partition coefficient (Wildman–Crippen LogP) is 3.94. The molecule has 1 aromatic carbocycles. The van der Waals surface area contributed by atoms with Gasteiger partial charge < -0.3 is 19.2 Å². The molecule has 0 spiro atoms. The van der Waals surface area contributed by atoms with Gasteiger partial charge in [0.2, 0.25) is 0 Å². The average molecular weight is 437 g/mol. The van der Waals surface area contributed by atoms with Crippen molar-refractivity contribution in [2.75, 3.05) is 6.61 Å². The first-order chi connectivity index (χ1) is 15.4. The van der Waals surface area contributed by atoms with Crippen LogP contribution in [-0.2, 0) is 24.2 Å². The van der Waals surface area contributed by atoms with Gasteiger partial charge in [-0.3, -0.25) is 9.78 Å². The number of amides is 1. The molecule has 1 aliphatic rings. The van der Waals surface area contributed by atoms with Crippen molar-refractivity contribution in [3.05, 3.63) is 63.8 Å². The molecule has 0 unspecified atom stereocenters. The van der Waals surface area contributed by atoms with Crippen LogP contribution in [0, 0.1) is 0 Å². The van der Waals surface area contributed by atoms with Crippen LogP contribution in [0.2, 0.25) is 0 Å². The Kier molecular flexibility index (Phi) is 6.17. The number of ether oxygens (including phenoxy) is 2. The number of aryl methyl sites for hydroxylation is 2. The lowest BCUT2D eigenvalue weighted by Gasteiger charge is -2.33. The number of hydrogen-bond donors (Lipinski definition) is 1. The van der Waals surface area contributed by atoms with Crippen LogP contribution in [-0.4, -0.2) is 23.1 Å². The number of nitrogens with one attached hydrogen (secondary N) is 1. The van der Waals surface area contributed by atoms with E-state index in [1.165, 1.54) is 6.07 Å². The molecule has 3 aromatic rings. The molecule has 0 aliphatic carbocycles. The number of carbonyl (C=O) groups is 1. The van der Waals surface area contributed by atoms with Gasteiger partial charge in [-0.05, 0) is 50.3 Å². The minimum Gasteiger partial charge on any atom is -0.487 e. The summed E-state index contributed by atoms with van der Waals surface area (Å²) >= 11 is 0. The fourth-order valence-corrected chi connectivity index (χ4v) is 3.99. The molecule has 0 saturated heterocycles. The SMILES string of the molecule is CCCc1cc(=O)oc2c3c(cc(OCC(=O)NCc4cccnc4)c12)OC(C)(C)CC3. The van der Waals surface area contributed by atoms with E-state index in [-0.39, 0.29) is 23.7 Å². The van der Waals surface area contributed by atoms with Crippen molar-refractivity contribution in [2.45, 2.75) is 58.6 Å². The summed E-state index contributed by atoms with van der Waals surface area (Å²) in [5, 5.41) is 3.58. The molecule has 4 rings (SSSR count). The fraction of sp³-hybridized carbons (Fsp3) is 0.400. The van der Waals surface area contributed by atoms with Crippen molar-refractivity contribution in [3.63, 3.8) is 0 Å². The maximum Gasteiger partial charge on any atom is 0.336 e. The van der Waals surface area contributed by atoms with Crippen LogP contribution in [0.25, 0.3) is 11.0 Å². The summed E-state index contributed by atoms with van der Waals surface area (Å²) in [6, 6.07) is 7.05. The number of carbonyl (C=O) groups excluding carboxylic acids is 1. The zero-order valence-electron chi connectivity index (χ0n) is 18.7. The number of fused-ring (bicyclic) bond motifs is 3. The third-order valence-electron chi connectivity index (χ3n) is 5.58. The summed E-state index contributed by atoms with van der Waals surface area (Å²) in [6.07, 6.45) is 6.51. The third-order valence-corrected chi connectivity index (χ3v) is 5.58. The molecule has 3 heterocycles. The molecule has 1 N–H and O–H groups in total. The molecule has 1 amide bonds. The van der Waals surface area contributed by atoms with Crippen LogP contribution in [0.5, 0.6) is 11.5 Å². The minimum atomic E-state index is -0.389. The van der Waals surface area contributed by atoms with Crippen molar-refractivity contribution >= 4 is 16.9 Å². The Morgan fingerprint density at radius 3 is 2.91 bits per heavy atom. The first-order valence-corrected chi connectivity index (χ1v) is 11.0. The normalized spacial score (nSPS) is 14.5. The highest BCUT2D eigenvalue weighted by Crippen LogP contribution is 2.43. The van der Waals surface area contributed by atoms with E-state index in [9.17, 15) is 9.59 Å². The molecule has 1 aliphatic heterocycles. The van der Waals surface area contributed by atoms with E-state index in [1.807, 2.05) is 32.0 Å². The van der Waals surface area contributed by atoms with Crippen LogP contribution in [0.3, 0.4) is 0 Å². The summed E-state index contributed by atoms with van der Waals surface area (Å²) in [5.41, 5.74) is 2.42. The minimum absolute atomic E-state index is 0.164. The second kappa shape index (κ2) is 9.02. The molecule has 7 nitrogen and oxygen atoms in total. The molecular formula is C25H28N2O5. The van der Waals surface area contributed by atoms with Gasteiger partial charge in [0.25, 0.3) is 5.91 Å². The van der Waals surface area contributed by atoms with E-state index in [2.05, 4.69) is 17.2 Å². The van der Waals surface area contributed by atoms with E-state index in [0.29, 0.717) is 30.0 Å². The number of pyridine rings is 1. The lowest BCUT2D eigenvalue weighted by atomic mass is 9.91. The molecule has 0 bridgehead atoms. The first kappa shape index (κ1) is 21.9. The Labute approximate surface area is 186 Å². The van der Waals surface area contributed by atoms with Gasteiger partial charge in [-0.1, -0.05) is 19.4 Å². The zero-order chi connectivity index (χ0) is 22.7. The van der Waals surface area contributed by atoms with E-state index in [0.717, 1.165) is 41.3 Å². The summed E-state index contributed by atoms with van der Waals surface area (Å²) in [4.78, 5) is 28.7. The van der Waals surface area contributed by atoms with Crippen LogP contribution in [0.15, 0.2) is 45.9 Å². The lowest BCUT2D eigenvalue weighted by molar-refractivity contribution is -0.123. The van der Waals surface area contributed by atoms with Crippen molar-refractivity contribution in [3.8, 4) is 11.5 Å². The van der Waals surface area contributed by atoms with Gasteiger partial charge in [0.15, 0.2) is 6.61 Å². The maximum atomic E-state index is 12.4. The van der Waals surface area contributed by atoms with Crippen molar-refractivity contribution in [1.29, 1.82) is 0 Å². The monoisotopic (exact) mass is 436 g/mol. The van der Waals surface area contributed by atoms with Crippen LogP contribution >= 0.6 is 0 Å². The summed E-state index contributed by atoms with van der Waals surface area (Å²) in [6.45, 7) is 6.31. The standard InChI is InChI=1S/C25H28N2O5/c1-4-6-17-11-22(29)31-24-18-8-9-25(2,3)32-19(18)12-20(23(17)24)30-15-21(28)27-14-16-7-5-10-26-13-16/h5,7,10-13H,4,6,8-9,14-15H2,1-3H3,(H,27,28). The fourth-order valence-electron chi connectivity index (χ4n) is 3.99. The Balaban J connectivity index is 1.65. The highest BCUT2D eigenvalue weighted by Gasteiger charge is 2.30. The molecular weight excluding hydrogens is 408 g/mol. The van der Waals surface area contributed by atoms with E-state index >= 15 is 0 Å². The largest absolute Gasteiger partial charge is 0.487 e. The van der Waals surface area contributed by atoms with E-state index in [4.69, 9.17) is 13.9 Å². The van der Waals surface area contributed by atoms with Crippen molar-refractivity contribution in [1.82, 2.24) is 10.3 Å². The Bertz CT molecular complexity index is 1180. The van der Waals surface area contributed by atoms with Crippen molar-refractivity contribution < 1.29 is 18.7 Å². The summed E-state index contributed by atoms with van der Waals surface area (Å²) < 4.78 is 17.8.